The second-order valence-corrected chi connectivity index (χ2v) is 11.5. The van der Waals surface area contributed by atoms with E-state index in [1.807, 2.05) is 6.07 Å². The van der Waals surface area contributed by atoms with Crippen LogP contribution in [0.15, 0.2) is 54.3 Å². The first kappa shape index (κ1) is 29.2. The normalized spacial score (nSPS) is 27.3. The number of allylic oxidation sites excluding steroid dienone is 1. The van der Waals surface area contributed by atoms with Crippen LogP contribution in [0.3, 0.4) is 0 Å². The van der Waals surface area contributed by atoms with E-state index in [9.17, 15) is 9.59 Å². The van der Waals surface area contributed by atoms with Crippen molar-refractivity contribution in [3.8, 4) is 0 Å². The molecule has 0 spiro atoms. The molecule has 43 heavy (non-hydrogen) atoms. The van der Waals surface area contributed by atoms with Crippen molar-refractivity contribution in [1.29, 1.82) is 0 Å². The minimum absolute atomic E-state index is 0.0582. The second-order valence-electron chi connectivity index (χ2n) is 11.5. The Balaban J connectivity index is 0.993. The van der Waals surface area contributed by atoms with Crippen molar-refractivity contribution in [3.05, 3.63) is 59.8 Å². The molecule has 230 valence electrons. The molecule has 2 unspecified atom stereocenters. The highest BCUT2D eigenvalue weighted by molar-refractivity contribution is 5.74. The van der Waals surface area contributed by atoms with Crippen LogP contribution in [-0.2, 0) is 16.1 Å². The number of alkyl halides is 2. The van der Waals surface area contributed by atoms with Gasteiger partial charge in [-0.3, -0.25) is 19.5 Å². The molecule has 14 heteroatoms. The number of nitrogens with zero attached hydrogens (tertiary/aromatic N) is 8. The zero-order valence-electron chi connectivity index (χ0n) is 24.2. The van der Waals surface area contributed by atoms with Gasteiger partial charge in [0.1, 0.15) is 6.10 Å². The van der Waals surface area contributed by atoms with E-state index < -0.39 is 24.2 Å². The SMILES string of the molecule is CC(=O)NC[C@H]1CN(C2=CC(F)C(F)(N3CCC(n4nnc(N5CCN(Cc6ccccc6)CC5)n4)CC3)C=C2)C(=O)O1. The fraction of sp³-hybridized carbons (Fsp3) is 0.552. The second kappa shape index (κ2) is 12.4. The van der Waals surface area contributed by atoms with Gasteiger partial charge in [-0.2, -0.15) is 4.80 Å². The van der Waals surface area contributed by atoms with Crippen LogP contribution >= 0.6 is 0 Å². The molecule has 0 radical (unpaired) electrons. The van der Waals surface area contributed by atoms with Crippen molar-refractivity contribution in [3.63, 3.8) is 0 Å². The number of ether oxygens (including phenoxy) is 1. The molecular weight excluding hydrogens is 560 g/mol. The summed E-state index contributed by atoms with van der Waals surface area (Å²) >= 11 is 0. The summed E-state index contributed by atoms with van der Waals surface area (Å²) in [6, 6.07) is 10.4. The number of hydrogen-bond acceptors (Lipinski definition) is 9. The van der Waals surface area contributed by atoms with Gasteiger partial charge < -0.3 is 15.0 Å². The number of rotatable bonds is 8. The smallest absolute Gasteiger partial charge is 0.414 e. The lowest BCUT2D eigenvalue weighted by Gasteiger charge is -2.42. The molecule has 12 nitrogen and oxygen atoms in total. The van der Waals surface area contributed by atoms with Crippen LogP contribution in [0.1, 0.15) is 31.4 Å². The molecular formula is C29H37F2N9O3. The summed E-state index contributed by atoms with van der Waals surface area (Å²) in [5, 5.41) is 15.8. The number of benzene rings is 1. The van der Waals surface area contributed by atoms with Gasteiger partial charge in [0.25, 0.3) is 5.95 Å². The highest BCUT2D eigenvalue weighted by atomic mass is 19.2. The van der Waals surface area contributed by atoms with E-state index in [0.29, 0.717) is 31.9 Å². The van der Waals surface area contributed by atoms with E-state index in [0.717, 1.165) is 38.8 Å². The third-order valence-electron chi connectivity index (χ3n) is 8.55. The zero-order valence-corrected chi connectivity index (χ0v) is 24.2. The van der Waals surface area contributed by atoms with E-state index in [-0.39, 0.29) is 30.7 Å². The molecule has 1 aliphatic carbocycles. The van der Waals surface area contributed by atoms with Crippen molar-refractivity contribution in [2.24, 2.45) is 0 Å². The van der Waals surface area contributed by atoms with E-state index in [2.05, 4.69) is 54.8 Å². The largest absolute Gasteiger partial charge is 0.442 e. The summed E-state index contributed by atoms with van der Waals surface area (Å²) in [4.78, 5) is 32.4. The van der Waals surface area contributed by atoms with E-state index in [1.54, 1.807) is 4.80 Å². The molecule has 4 heterocycles. The van der Waals surface area contributed by atoms with Gasteiger partial charge in [-0.15, -0.1) is 5.10 Å². The number of likely N-dealkylation sites (tertiary alicyclic amines) is 1. The minimum Gasteiger partial charge on any atom is -0.442 e. The molecule has 0 saturated carbocycles. The maximum absolute atomic E-state index is 16.0. The lowest BCUT2D eigenvalue weighted by Crippen LogP contribution is -2.54. The van der Waals surface area contributed by atoms with Crippen LogP contribution in [0.2, 0.25) is 0 Å². The lowest BCUT2D eigenvalue weighted by molar-refractivity contribution is -0.119. The summed E-state index contributed by atoms with van der Waals surface area (Å²) in [5.41, 5.74) is 1.54. The maximum Gasteiger partial charge on any atom is 0.414 e. The predicted molar refractivity (Wildman–Crippen MR) is 153 cm³/mol. The van der Waals surface area contributed by atoms with Gasteiger partial charge >= 0.3 is 6.09 Å². The number of anilines is 1. The number of cyclic esters (lactones) is 1. The van der Waals surface area contributed by atoms with E-state index in [1.165, 1.54) is 34.4 Å². The van der Waals surface area contributed by atoms with E-state index in [4.69, 9.17) is 4.74 Å². The minimum atomic E-state index is -2.33. The summed E-state index contributed by atoms with van der Waals surface area (Å²) < 4.78 is 36.6. The topological polar surface area (TPSA) is 112 Å². The van der Waals surface area contributed by atoms with Gasteiger partial charge in [-0.1, -0.05) is 35.4 Å². The molecule has 3 aliphatic heterocycles. The van der Waals surface area contributed by atoms with Crippen molar-refractivity contribution in [2.45, 2.75) is 50.4 Å². The number of piperidine rings is 1. The third-order valence-corrected chi connectivity index (χ3v) is 8.55. The molecule has 0 bridgehead atoms. The quantitative estimate of drug-likeness (QED) is 0.457. The predicted octanol–water partition coefficient (Wildman–Crippen LogP) is 2.05. The highest BCUT2D eigenvalue weighted by Crippen LogP contribution is 2.37. The van der Waals surface area contributed by atoms with Gasteiger partial charge in [0, 0.05) is 58.4 Å². The number of halogens is 2. The number of amides is 2. The monoisotopic (exact) mass is 597 g/mol. The van der Waals surface area contributed by atoms with Crippen LogP contribution in [0, 0.1) is 0 Å². The zero-order chi connectivity index (χ0) is 30.0. The van der Waals surface area contributed by atoms with Crippen molar-refractivity contribution >= 4 is 17.9 Å². The Morgan fingerprint density at radius 1 is 1.12 bits per heavy atom. The Kier molecular flexibility index (Phi) is 8.39. The Hall–Kier alpha value is -3.91. The Morgan fingerprint density at radius 2 is 1.86 bits per heavy atom. The number of tetrazole rings is 1. The molecule has 2 aromatic rings. The molecule has 3 atom stereocenters. The summed E-state index contributed by atoms with van der Waals surface area (Å²) in [5.74, 6) is -1.97. The van der Waals surface area contributed by atoms with Crippen molar-refractivity contribution in [1.82, 2.24) is 40.2 Å². The summed E-state index contributed by atoms with van der Waals surface area (Å²) in [6.07, 6.45) is 1.65. The van der Waals surface area contributed by atoms with Gasteiger partial charge in [-0.05, 0) is 41.8 Å². The highest BCUT2D eigenvalue weighted by Gasteiger charge is 2.47. The lowest BCUT2D eigenvalue weighted by atomic mass is 9.96. The van der Waals surface area contributed by atoms with Crippen LogP contribution in [-0.4, -0.2) is 117 Å². The fourth-order valence-corrected chi connectivity index (χ4v) is 6.06. The van der Waals surface area contributed by atoms with Crippen LogP contribution < -0.4 is 10.2 Å². The first-order valence-electron chi connectivity index (χ1n) is 14.8. The Bertz CT molecular complexity index is 1360. The van der Waals surface area contributed by atoms with Gasteiger partial charge in [0.05, 0.1) is 19.1 Å². The molecule has 3 saturated heterocycles. The maximum atomic E-state index is 16.0. The molecule has 1 N–H and O–H groups in total. The first-order chi connectivity index (χ1) is 20.8. The number of carbonyl (C=O) groups is 2. The van der Waals surface area contributed by atoms with Crippen LogP contribution in [0.4, 0.5) is 19.5 Å². The Morgan fingerprint density at radius 3 is 2.56 bits per heavy atom. The van der Waals surface area contributed by atoms with Crippen molar-refractivity contribution in [2.75, 3.05) is 57.3 Å². The number of nitrogens with one attached hydrogen (secondary N) is 1. The summed E-state index contributed by atoms with van der Waals surface area (Å²) in [7, 11) is 0. The molecule has 3 fully saturated rings. The van der Waals surface area contributed by atoms with Gasteiger partial charge in [0.15, 0.2) is 6.17 Å². The fourth-order valence-electron chi connectivity index (χ4n) is 6.06. The summed E-state index contributed by atoms with van der Waals surface area (Å²) in [6.45, 7) is 6.65. The third kappa shape index (κ3) is 6.39. The molecule has 2 amide bonds. The number of carbonyl (C=O) groups excluding carboxylic acids is 2. The number of aromatic nitrogens is 4. The Labute approximate surface area is 248 Å². The van der Waals surface area contributed by atoms with Crippen molar-refractivity contribution < 1.29 is 23.1 Å². The first-order valence-corrected chi connectivity index (χ1v) is 14.8. The average molecular weight is 598 g/mol. The standard InChI is InChI=1S/C29H37F2N9O3/c1-21(41)32-18-25-20-39(28(42)43-25)24-7-10-29(31,26(30)17-24)38-11-8-23(9-12-38)40-34-27(33-35-40)37-15-13-36(14-16-37)19-22-5-3-2-4-6-22/h2-7,10,17,23,25-26H,8-9,11-16,18-20H2,1H3,(H,32,41)/t25-,26?,29?/m0/s1. The average Bonchev–Trinajstić information content (AvgIpc) is 3.66. The van der Waals surface area contributed by atoms with Gasteiger partial charge in [-0.25, -0.2) is 13.6 Å². The van der Waals surface area contributed by atoms with Crippen LogP contribution in [0.5, 0.6) is 0 Å². The van der Waals surface area contributed by atoms with Crippen LogP contribution in [0.25, 0.3) is 0 Å². The number of piperazine rings is 1. The van der Waals surface area contributed by atoms with Gasteiger partial charge in [0.2, 0.25) is 11.7 Å². The molecule has 4 aliphatic rings. The molecule has 1 aromatic heterocycles. The van der Waals surface area contributed by atoms with E-state index >= 15 is 8.78 Å². The number of hydrogen-bond donors (Lipinski definition) is 1. The molecule has 6 rings (SSSR count). The molecule has 1 aromatic carbocycles.